The molecule has 0 aliphatic carbocycles. The van der Waals surface area contributed by atoms with Gasteiger partial charge in [0.05, 0.1) is 5.69 Å². The lowest BCUT2D eigenvalue weighted by molar-refractivity contribution is 0.0518. The quantitative estimate of drug-likeness (QED) is 0.378. The Kier molecular flexibility index (Phi) is 6.91. The van der Waals surface area contributed by atoms with Gasteiger partial charge in [-0.3, -0.25) is 9.69 Å². The van der Waals surface area contributed by atoms with E-state index in [2.05, 4.69) is 33.4 Å². The van der Waals surface area contributed by atoms with Gasteiger partial charge in [0.1, 0.15) is 11.1 Å². The Morgan fingerprint density at radius 3 is 2.32 bits per heavy atom. The molecule has 6 heteroatoms. The fourth-order valence-corrected chi connectivity index (χ4v) is 5.06. The number of fused-ring (bicyclic) bond motifs is 1. The number of nitrogens with zero attached hydrogens (tertiary/aromatic N) is 1. The molecular weight excluding hydrogens is 492 g/mol. The molecule has 0 spiro atoms. The number of nitrogens with one attached hydrogen (secondary N) is 1. The molecule has 0 fully saturated rings. The first-order chi connectivity index (χ1) is 16.2. The van der Waals surface area contributed by atoms with Crippen molar-refractivity contribution in [3.05, 3.63) is 100 Å². The lowest BCUT2D eigenvalue weighted by Crippen LogP contribution is -2.53. The minimum absolute atomic E-state index is 0.109. The zero-order chi connectivity index (χ0) is 24.3. The minimum Gasteiger partial charge on any atom is -0.443 e. The molecule has 1 aliphatic rings. The van der Waals surface area contributed by atoms with Crippen LogP contribution in [0.4, 0.5) is 10.5 Å². The molecule has 0 unspecified atom stereocenters. The average Bonchev–Trinajstić information content (AvgIpc) is 3.06. The molecule has 1 atom stereocenters. The van der Waals surface area contributed by atoms with E-state index in [0.717, 1.165) is 15.6 Å². The summed E-state index contributed by atoms with van der Waals surface area (Å²) in [7, 11) is 0. The number of para-hydroxylation sites is 1. The van der Waals surface area contributed by atoms with Crippen molar-refractivity contribution in [3.63, 3.8) is 0 Å². The predicted octanol–water partition coefficient (Wildman–Crippen LogP) is 6.46. The first kappa shape index (κ1) is 24.2. The Bertz CT molecular complexity index is 1190. The van der Waals surface area contributed by atoms with Gasteiger partial charge in [0, 0.05) is 22.1 Å². The molecule has 4 rings (SSSR count). The summed E-state index contributed by atoms with van der Waals surface area (Å²) in [5.41, 5.74) is 1.04. The second-order valence-corrected chi connectivity index (χ2v) is 10.3. The monoisotopic (exact) mass is 520 g/mol. The van der Waals surface area contributed by atoms with E-state index in [1.54, 1.807) is 11.0 Å². The van der Waals surface area contributed by atoms with Gasteiger partial charge in [0.2, 0.25) is 0 Å². The zero-order valence-electron chi connectivity index (χ0n) is 19.7. The molecule has 1 amide bonds. The maximum atomic E-state index is 14.1. The summed E-state index contributed by atoms with van der Waals surface area (Å²) >= 11 is 3.65. The van der Waals surface area contributed by atoms with Crippen LogP contribution >= 0.6 is 15.9 Å². The molecule has 0 bridgehead atoms. The Morgan fingerprint density at radius 2 is 1.62 bits per heavy atom. The highest BCUT2D eigenvalue weighted by Crippen LogP contribution is 2.49. The van der Waals surface area contributed by atoms with Gasteiger partial charge in [-0.05, 0) is 57.5 Å². The molecule has 5 nitrogen and oxygen atoms in total. The average molecular weight is 521 g/mol. The number of amides is 1. The highest BCUT2D eigenvalue weighted by molar-refractivity contribution is 9.10. The van der Waals surface area contributed by atoms with Gasteiger partial charge in [-0.2, -0.15) is 0 Å². The number of benzene rings is 3. The molecule has 3 aromatic rings. The van der Waals surface area contributed by atoms with Crippen LogP contribution in [0.3, 0.4) is 0 Å². The van der Waals surface area contributed by atoms with E-state index in [0.29, 0.717) is 30.8 Å². The van der Waals surface area contributed by atoms with E-state index in [9.17, 15) is 9.59 Å². The van der Waals surface area contributed by atoms with Crippen LogP contribution in [0.2, 0.25) is 0 Å². The first-order valence-corrected chi connectivity index (χ1v) is 12.2. The predicted molar refractivity (Wildman–Crippen MR) is 138 cm³/mol. The lowest BCUT2D eigenvalue weighted by atomic mass is 9.81. The Morgan fingerprint density at radius 1 is 0.971 bits per heavy atom. The topological polar surface area (TPSA) is 58.6 Å². The molecule has 0 radical (unpaired) electrons. The van der Waals surface area contributed by atoms with E-state index < -0.39 is 17.2 Å². The van der Waals surface area contributed by atoms with Crippen LogP contribution in [-0.4, -0.2) is 24.0 Å². The Hall–Kier alpha value is -2.96. The number of carbonyl (C=O) groups excluding carboxylic acids is 2. The van der Waals surface area contributed by atoms with Gasteiger partial charge in [0.25, 0.3) is 0 Å². The standard InChI is InChI=1S/C28H29BrN2O3/c1-27(2,3)34-26(33)31-24-16-10-7-13-21(24)25(32)28(31,22-14-8-9-15-23(22)29)17-18-30-19-20-11-5-4-6-12-20/h4-16,30H,17-19H2,1-3H3/t28-/m0/s1. The maximum absolute atomic E-state index is 14.1. The summed E-state index contributed by atoms with van der Waals surface area (Å²) in [5.74, 6) is -0.109. The number of halogens is 1. The number of hydrogen-bond donors (Lipinski definition) is 1. The third kappa shape index (κ3) is 4.65. The van der Waals surface area contributed by atoms with Crippen molar-refractivity contribution in [3.8, 4) is 0 Å². The molecule has 3 aromatic carbocycles. The van der Waals surface area contributed by atoms with Crippen molar-refractivity contribution in [1.82, 2.24) is 5.32 Å². The molecule has 1 N–H and O–H groups in total. The molecule has 1 aliphatic heterocycles. The van der Waals surface area contributed by atoms with Gasteiger partial charge in [-0.25, -0.2) is 4.79 Å². The molecule has 34 heavy (non-hydrogen) atoms. The summed E-state index contributed by atoms with van der Waals surface area (Å²) < 4.78 is 6.59. The third-order valence-electron chi connectivity index (χ3n) is 5.88. The molecule has 0 aromatic heterocycles. The fraction of sp³-hybridized carbons (Fsp3) is 0.286. The highest BCUT2D eigenvalue weighted by atomic mass is 79.9. The second-order valence-electron chi connectivity index (χ2n) is 9.41. The van der Waals surface area contributed by atoms with E-state index >= 15 is 0 Å². The van der Waals surface area contributed by atoms with Gasteiger partial charge in [-0.1, -0.05) is 76.6 Å². The van der Waals surface area contributed by atoms with Crippen LogP contribution in [0.1, 0.15) is 48.7 Å². The summed E-state index contributed by atoms with van der Waals surface area (Å²) in [6.45, 7) is 6.68. The van der Waals surface area contributed by atoms with E-state index in [1.165, 1.54) is 0 Å². The van der Waals surface area contributed by atoms with Crippen LogP contribution in [0, 0.1) is 0 Å². The summed E-state index contributed by atoms with van der Waals surface area (Å²) in [6.07, 6.45) is -0.153. The summed E-state index contributed by atoms with van der Waals surface area (Å²) in [5, 5.41) is 3.45. The Labute approximate surface area is 209 Å². The van der Waals surface area contributed by atoms with Gasteiger partial charge < -0.3 is 10.1 Å². The van der Waals surface area contributed by atoms with Crippen LogP contribution in [0.25, 0.3) is 0 Å². The first-order valence-electron chi connectivity index (χ1n) is 11.4. The molecule has 0 saturated carbocycles. The van der Waals surface area contributed by atoms with Crippen LogP contribution in [0.5, 0.6) is 0 Å². The number of hydrogen-bond acceptors (Lipinski definition) is 4. The zero-order valence-corrected chi connectivity index (χ0v) is 21.3. The normalized spacial score (nSPS) is 17.5. The minimum atomic E-state index is -1.24. The summed E-state index contributed by atoms with van der Waals surface area (Å²) in [6, 6.07) is 25.0. The number of anilines is 1. The van der Waals surface area contributed by atoms with E-state index in [4.69, 9.17) is 4.74 Å². The largest absolute Gasteiger partial charge is 0.443 e. The highest BCUT2D eigenvalue weighted by Gasteiger charge is 2.56. The van der Waals surface area contributed by atoms with Crippen molar-refractivity contribution < 1.29 is 14.3 Å². The van der Waals surface area contributed by atoms with Crippen LogP contribution < -0.4 is 10.2 Å². The molecule has 0 saturated heterocycles. The SMILES string of the molecule is CC(C)(C)OC(=O)N1c2ccccc2C(=O)[C@]1(CCNCc1ccccc1)c1ccccc1Br. The number of ketones is 1. The third-order valence-corrected chi connectivity index (χ3v) is 6.57. The Balaban J connectivity index is 1.77. The second kappa shape index (κ2) is 9.72. The van der Waals surface area contributed by atoms with Gasteiger partial charge >= 0.3 is 6.09 Å². The van der Waals surface area contributed by atoms with Crippen LogP contribution in [-0.2, 0) is 16.8 Å². The maximum Gasteiger partial charge on any atom is 0.416 e. The number of Topliss-reactive ketones (excluding diaryl/α,β-unsaturated/α-hetero) is 1. The van der Waals surface area contributed by atoms with Crippen molar-refractivity contribution in [1.29, 1.82) is 0 Å². The van der Waals surface area contributed by atoms with Gasteiger partial charge in [-0.15, -0.1) is 0 Å². The molecular formula is C28H29BrN2O3. The van der Waals surface area contributed by atoms with E-state index in [1.807, 2.05) is 81.4 Å². The van der Waals surface area contributed by atoms with Crippen molar-refractivity contribution >= 4 is 33.5 Å². The molecule has 1 heterocycles. The van der Waals surface area contributed by atoms with Gasteiger partial charge in [0.15, 0.2) is 5.78 Å². The van der Waals surface area contributed by atoms with Crippen molar-refractivity contribution in [2.45, 2.75) is 44.9 Å². The molecule has 176 valence electrons. The lowest BCUT2D eigenvalue weighted by Gasteiger charge is -2.39. The number of carbonyl (C=O) groups is 2. The summed E-state index contributed by atoms with van der Waals surface area (Å²) in [4.78, 5) is 29.3. The fourth-order valence-electron chi connectivity index (χ4n) is 4.45. The number of rotatable bonds is 6. The van der Waals surface area contributed by atoms with Crippen molar-refractivity contribution in [2.24, 2.45) is 0 Å². The smallest absolute Gasteiger partial charge is 0.416 e. The van der Waals surface area contributed by atoms with Crippen LogP contribution in [0.15, 0.2) is 83.3 Å². The number of ether oxygens (including phenoxy) is 1. The van der Waals surface area contributed by atoms with Crippen molar-refractivity contribution in [2.75, 3.05) is 11.4 Å². The van der Waals surface area contributed by atoms with E-state index in [-0.39, 0.29) is 5.78 Å².